The molecule has 0 saturated heterocycles. The van der Waals surface area contributed by atoms with Gasteiger partial charge in [0.25, 0.3) is 0 Å². The molecule has 0 spiro atoms. The molecule has 0 aliphatic rings. The zero-order valence-corrected chi connectivity index (χ0v) is 15.6. The third-order valence-electron chi connectivity index (χ3n) is 3.83. The van der Waals surface area contributed by atoms with Crippen LogP contribution in [0.1, 0.15) is 32.4 Å². The van der Waals surface area contributed by atoms with E-state index in [1.807, 2.05) is 45.0 Å². The lowest BCUT2D eigenvalue weighted by Crippen LogP contribution is -2.36. The number of anilines is 1. The quantitative estimate of drug-likeness (QED) is 0.760. The number of nitrogens with zero attached hydrogens (tertiary/aromatic N) is 4. The van der Waals surface area contributed by atoms with E-state index in [-0.39, 0.29) is 11.9 Å². The molecule has 2 N–H and O–H groups in total. The van der Waals surface area contributed by atoms with Gasteiger partial charge in [-0.3, -0.25) is 9.36 Å². The third-order valence-corrected chi connectivity index (χ3v) is 5.19. The number of halogens is 1. The van der Waals surface area contributed by atoms with Crippen LogP contribution in [0.25, 0.3) is 0 Å². The lowest BCUT2D eigenvalue weighted by Gasteiger charge is -2.24. The van der Waals surface area contributed by atoms with E-state index < -0.39 is 6.04 Å². The van der Waals surface area contributed by atoms with Crippen molar-refractivity contribution in [3.05, 3.63) is 34.9 Å². The molecule has 1 aromatic carbocycles. The molecule has 6 nitrogen and oxygen atoms in total. The average Bonchev–Trinajstić information content (AvgIpc) is 2.95. The van der Waals surface area contributed by atoms with Crippen molar-refractivity contribution in [2.75, 3.05) is 18.8 Å². The Bertz CT molecular complexity index is 702. The van der Waals surface area contributed by atoms with Crippen molar-refractivity contribution in [1.29, 1.82) is 0 Å². The predicted octanol–water partition coefficient (Wildman–Crippen LogP) is 3.24. The Balaban J connectivity index is 2.19. The summed E-state index contributed by atoms with van der Waals surface area (Å²) in [7, 11) is 0. The van der Waals surface area contributed by atoms with E-state index >= 15 is 0 Å². The van der Waals surface area contributed by atoms with Crippen LogP contribution in [-0.4, -0.2) is 38.7 Å². The Morgan fingerprint density at radius 3 is 2.62 bits per heavy atom. The zero-order valence-electron chi connectivity index (χ0n) is 14.1. The Morgan fingerprint density at radius 2 is 2.00 bits per heavy atom. The van der Waals surface area contributed by atoms with Gasteiger partial charge in [0.1, 0.15) is 6.04 Å². The summed E-state index contributed by atoms with van der Waals surface area (Å²) in [5, 5.41) is 9.36. The topological polar surface area (TPSA) is 77.0 Å². The normalized spacial score (nSPS) is 12.2. The number of amides is 1. The molecule has 1 amide bonds. The minimum atomic E-state index is -0.450. The summed E-state index contributed by atoms with van der Waals surface area (Å²) < 4.78 is 1.68. The van der Waals surface area contributed by atoms with Crippen LogP contribution in [0.3, 0.4) is 0 Å². The van der Waals surface area contributed by atoms with E-state index in [9.17, 15) is 4.79 Å². The molecule has 2 aromatic rings. The largest absolute Gasteiger partial charge is 0.368 e. The van der Waals surface area contributed by atoms with Crippen molar-refractivity contribution in [3.63, 3.8) is 0 Å². The van der Waals surface area contributed by atoms with E-state index in [4.69, 9.17) is 17.3 Å². The van der Waals surface area contributed by atoms with Gasteiger partial charge in [0.05, 0.1) is 0 Å². The number of hydrogen-bond acceptors (Lipinski definition) is 5. The fourth-order valence-electron chi connectivity index (χ4n) is 2.42. The fourth-order valence-corrected chi connectivity index (χ4v) is 3.73. The van der Waals surface area contributed by atoms with Crippen molar-refractivity contribution < 1.29 is 4.79 Å². The Kier molecular flexibility index (Phi) is 6.51. The summed E-state index contributed by atoms with van der Waals surface area (Å²) in [5.74, 6) is 0.875. The molecule has 0 bridgehead atoms. The lowest BCUT2D eigenvalue weighted by molar-refractivity contribution is -0.134. The van der Waals surface area contributed by atoms with Crippen LogP contribution < -0.4 is 5.73 Å². The number of benzene rings is 1. The van der Waals surface area contributed by atoms with Gasteiger partial charge < -0.3 is 10.6 Å². The van der Waals surface area contributed by atoms with Crippen LogP contribution in [0, 0.1) is 0 Å². The molecule has 0 saturated carbocycles. The van der Waals surface area contributed by atoms with Crippen molar-refractivity contribution in [1.82, 2.24) is 19.7 Å². The number of likely N-dealkylation sites (N-methyl/N-ethyl adjacent to an activating group) is 1. The molecule has 0 aliphatic heterocycles. The first-order valence-electron chi connectivity index (χ1n) is 7.84. The molecular weight excluding hydrogens is 346 g/mol. The van der Waals surface area contributed by atoms with Crippen LogP contribution >= 0.6 is 23.4 Å². The number of rotatable bonds is 7. The van der Waals surface area contributed by atoms with Crippen molar-refractivity contribution in [2.45, 2.75) is 37.7 Å². The number of nitrogen functional groups attached to an aromatic ring is 1. The maximum absolute atomic E-state index is 12.6. The number of thioether (sulfide) groups is 1. The molecular formula is C16H22ClN5OS. The molecule has 1 unspecified atom stereocenters. The van der Waals surface area contributed by atoms with E-state index in [0.29, 0.717) is 29.0 Å². The number of carbonyl (C=O) groups excluding carboxylic acids is 1. The molecule has 1 atom stereocenters. The maximum atomic E-state index is 12.6. The van der Waals surface area contributed by atoms with E-state index in [1.54, 1.807) is 9.47 Å². The standard InChI is InChI=1S/C16H22ClN5OS/c1-4-21(5-2)14(23)11(3)22-15(18)19-20-16(22)24-10-12-8-6-7-9-13(12)17/h6-9,11H,4-5,10H2,1-3H3,(H2,18,19). The van der Waals surface area contributed by atoms with Crippen LogP contribution in [-0.2, 0) is 10.5 Å². The van der Waals surface area contributed by atoms with E-state index in [0.717, 1.165) is 5.56 Å². The summed E-state index contributed by atoms with van der Waals surface area (Å²) >= 11 is 7.65. The highest BCUT2D eigenvalue weighted by molar-refractivity contribution is 7.98. The van der Waals surface area contributed by atoms with Crippen LogP contribution in [0.5, 0.6) is 0 Å². The minimum absolute atomic E-state index is 0.00564. The summed E-state index contributed by atoms with van der Waals surface area (Å²) in [6.07, 6.45) is 0. The lowest BCUT2D eigenvalue weighted by atomic mass is 10.2. The molecule has 2 rings (SSSR count). The number of hydrogen-bond donors (Lipinski definition) is 1. The van der Waals surface area contributed by atoms with Gasteiger partial charge in [-0.25, -0.2) is 0 Å². The first-order valence-corrected chi connectivity index (χ1v) is 9.21. The molecule has 0 fully saturated rings. The van der Waals surface area contributed by atoms with Gasteiger partial charge in [-0.2, -0.15) is 0 Å². The van der Waals surface area contributed by atoms with Gasteiger partial charge in [-0.15, -0.1) is 10.2 Å². The van der Waals surface area contributed by atoms with Crippen LogP contribution in [0.2, 0.25) is 5.02 Å². The zero-order chi connectivity index (χ0) is 17.7. The van der Waals surface area contributed by atoms with Gasteiger partial charge in [-0.1, -0.05) is 41.6 Å². The number of carbonyl (C=O) groups is 1. The molecule has 0 aliphatic carbocycles. The highest BCUT2D eigenvalue weighted by atomic mass is 35.5. The summed E-state index contributed by atoms with van der Waals surface area (Å²) in [6.45, 7) is 7.04. The molecule has 24 heavy (non-hydrogen) atoms. The van der Waals surface area contributed by atoms with Crippen molar-refractivity contribution >= 4 is 35.2 Å². The van der Waals surface area contributed by atoms with Gasteiger partial charge in [0, 0.05) is 23.9 Å². The molecule has 1 heterocycles. The van der Waals surface area contributed by atoms with E-state index in [1.165, 1.54) is 11.8 Å². The van der Waals surface area contributed by atoms with Gasteiger partial charge in [0.15, 0.2) is 5.16 Å². The molecule has 8 heteroatoms. The average molecular weight is 368 g/mol. The minimum Gasteiger partial charge on any atom is -0.368 e. The van der Waals surface area contributed by atoms with Crippen LogP contribution in [0.4, 0.5) is 5.95 Å². The van der Waals surface area contributed by atoms with Crippen LogP contribution in [0.15, 0.2) is 29.4 Å². The van der Waals surface area contributed by atoms with Gasteiger partial charge in [0.2, 0.25) is 11.9 Å². The SMILES string of the molecule is CCN(CC)C(=O)C(C)n1c(N)nnc1SCc1ccccc1Cl. The first-order chi connectivity index (χ1) is 11.5. The monoisotopic (exact) mass is 367 g/mol. The summed E-state index contributed by atoms with van der Waals surface area (Å²) in [4.78, 5) is 14.4. The Morgan fingerprint density at radius 1 is 1.33 bits per heavy atom. The van der Waals surface area contributed by atoms with Crippen molar-refractivity contribution in [2.24, 2.45) is 0 Å². The Labute approximate surface area is 151 Å². The second-order valence-corrected chi connectivity index (χ2v) is 6.63. The van der Waals surface area contributed by atoms with Gasteiger partial charge in [-0.05, 0) is 32.4 Å². The van der Waals surface area contributed by atoms with Crippen molar-refractivity contribution in [3.8, 4) is 0 Å². The maximum Gasteiger partial charge on any atom is 0.245 e. The molecule has 1 aromatic heterocycles. The second-order valence-electron chi connectivity index (χ2n) is 5.28. The highest BCUT2D eigenvalue weighted by Gasteiger charge is 2.25. The first kappa shape index (κ1) is 18.6. The summed E-state index contributed by atoms with van der Waals surface area (Å²) in [6, 6.07) is 7.19. The smallest absolute Gasteiger partial charge is 0.245 e. The number of nitrogens with two attached hydrogens (primary N) is 1. The fraction of sp³-hybridized carbons (Fsp3) is 0.438. The predicted molar refractivity (Wildman–Crippen MR) is 98.1 cm³/mol. The van der Waals surface area contributed by atoms with Gasteiger partial charge >= 0.3 is 0 Å². The number of aromatic nitrogens is 3. The Hall–Kier alpha value is -1.73. The third kappa shape index (κ3) is 4.02. The second kappa shape index (κ2) is 8.39. The molecule has 0 radical (unpaired) electrons. The molecule has 130 valence electrons. The highest BCUT2D eigenvalue weighted by Crippen LogP contribution is 2.29. The summed E-state index contributed by atoms with van der Waals surface area (Å²) in [5.41, 5.74) is 6.94. The van der Waals surface area contributed by atoms with E-state index in [2.05, 4.69) is 10.2 Å².